The van der Waals surface area contributed by atoms with Gasteiger partial charge < -0.3 is 30.7 Å². The number of benzene rings is 2. The molecule has 0 atom stereocenters. The average Bonchev–Trinajstić information content (AvgIpc) is 2.89. The normalized spacial score (nSPS) is 14.9. The molecule has 1 saturated heterocycles. The van der Waals surface area contributed by atoms with Crippen LogP contribution in [0.15, 0.2) is 53.4 Å². The van der Waals surface area contributed by atoms with Gasteiger partial charge >= 0.3 is 0 Å². The maximum atomic E-state index is 12.9. The summed E-state index contributed by atoms with van der Waals surface area (Å²) in [5.74, 6) is 2.17. The number of nitrogens with one attached hydrogen (secondary N) is 2. The van der Waals surface area contributed by atoms with Crippen LogP contribution in [-0.4, -0.2) is 56.9 Å². The average molecular weight is 540 g/mol. The van der Waals surface area contributed by atoms with E-state index in [9.17, 15) is 8.42 Å². The number of methoxy groups -OCH3 is 1. The van der Waals surface area contributed by atoms with Crippen molar-refractivity contribution >= 4 is 38.5 Å². The number of aromatic nitrogens is 1. The number of nitrogen functional groups attached to an aromatic ring is 1. The lowest BCUT2D eigenvalue weighted by Gasteiger charge is -2.29. The van der Waals surface area contributed by atoms with Crippen LogP contribution in [0, 0.1) is 6.92 Å². The summed E-state index contributed by atoms with van der Waals surface area (Å²) in [5.41, 5.74) is 8.78. The topological polar surface area (TPSA) is 119 Å². The summed E-state index contributed by atoms with van der Waals surface area (Å²) in [7, 11) is 0.239. The van der Waals surface area contributed by atoms with Crippen LogP contribution in [0.25, 0.3) is 0 Å². The second kappa shape index (κ2) is 11.5. The summed E-state index contributed by atoms with van der Waals surface area (Å²) >= 11 is 0. The molecule has 1 aromatic heterocycles. The number of sulfone groups is 1. The Hall–Kier alpha value is -3.50. The van der Waals surface area contributed by atoms with E-state index in [0.717, 1.165) is 31.7 Å². The number of nitrogens with two attached hydrogens (primary N) is 1. The van der Waals surface area contributed by atoms with Crippen molar-refractivity contribution in [3.8, 4) is 11.5 Å². The highest BCUT2D eigenvalue weighted by atomic mass is 32.2. The first-order chi connectivity index (χ1) is 18.1. The summed E-state index contributed by atoms with van der Waals surface area (Å²) in [6.07, 6.45) is 2.16. The van der Waals surface area contributed by atoms with E-state index >= 15 is 0 Å². The molecule has 0 saturated carbocycles. The highest BCUT2D eigenvalue weighted by Gasteiger charge is 2.23. The molecule has 0 spiro atoms. The van der Waals surface area contributed by atoms with E-state index in [1.807, 2.05) is 25.1 Å². The van der Waals surface area contributed by atoms with Gasteiger partial charge in [-0.2, -0.15) is 0 Å². The van der Waals surface area contributed by atoms with Gasteiger partial charge in [-0.1, -0.05) is 12.1 Å². The van der Waals surface area contributed by atoms with E-state index in [1.54, 1.807) is 51.3 Å². The third-order valence-corrected chi connectivity index (χ3v) is 9.01. The monoisotopic (exact) mass is 539 g/mol. The van der Waals surface area contributed by atoms with Gasteiger partial charge in [-0.25, -0.2) is 13.4 Å². The van der Waals surface area contributed by atoms with Crippen molar-refractivity contribution in [3.63, 3.8) is 0 Å². The van der Waals surface area contributed by atoms with Crippen LogP contribution < -0.4 is 25.8 Å². The Morgan fingerprint density at radius 2 is 1.74 bits per heavy atom. The molecule has 10 heteroatoms. The van der Waals surface area contributed by atoms with Crippen molar-refractivity contribution in [2.75, 3.05) is 43.6 Å². The summed E-state index contributed by atoms with van der Waals surface area (Å²) < 4.78 is 37.7. The zero-order valence-electron chi connectivity index (χ0n) is 22.6. The van der Waals surface area contributed by atoms with Gasteiger partial charge in [0.05, 0.1) is 28.6 Å². The summed E-state index contributed by atoms with van der Waals surface area (Å²) in [6, 6.07) is 14.3. The number of nitrogens with zero attached hydrogens (tertiary/aromatic N) is 2. The molecule has 3 aromatic rings. The molecule has 38 heavy (non-hydrogen) atoms. The summed E-state index contributed by atoms with van der Waals surface area (Å²) in [5, 5.41) is 5.99. The van der Waals surface area contributed by atoms with E-state index in [1.165, 1.54) is 0 Å². The Morgan fingerprint density at radius 3 is 2.42 bits per heavy atom. The fraction of sp³-hybridized carbons (Fsp3) is 0.393. The zero-order chi connectivity index (χ0) is 27.4. The van der Waals surface area contributed by atoms with E-state index in [4.69, 9.17) is 15.2 Å². The number of hydrogen-bond acceptors (Lipinski definition) is 9. The number of anilines is 5. The Bertz CT molecular complexity index is 1390. The van der Waals surface area contributed by atoms with E-state index in [-0.39, 0.29) is 11.0 Å². The molecule has 2 heterocycles. The first-order valence-corrected chi connectivity index (χ1v) is 14.3. The van der Waals surface area contributed by atoms with Crippen LogP contribution in [-0.2, 0) is 9.84 Å². The quantitative estimate of drug-likeness (QED) is 0.340. The van der Waals surface area contributed by atoms with Crippen LogP contribution in [0.5, 0.6) is 11.5 Å². The van der Waals surface area contributed by atoms with Gasteiger partial charge in [-0.3, -0.25) is 0 Å². The van der Waals surface area contributed by atoms with Crippen LogP contribution >= 0.6 is 0 Å². The van der Waals surface area contributed by atoms with Gasteiger partial charge in [-0.05, 0) is 64.9 Å². The van der Waals surface area contributed by atoms with Crippen molar-refractivity contribution in [1.29, 1.82) is 0 Å². The minimum absolute atomic E-state index is 0.185. The molecule has 4 rings (SSSR count). The van der Waals surface area contributed by atoms with Crippen LogP contribution in [0.4, 0.5) is 28.7 Å². The van der Waals surface area contributed by atoms with E-state index in [0.29, 0.717) is 40.0 Å². The molecule has 4 N–H and O–H groups in total. The number of para-hydroxylation sites is 1. The summed E-state index contributed by atoms with van der Waals surface area (Å²) in [6.45, 7) is 7.21. The largest absolute Gasteiger partial charge is 0.494 e. The van der Waals surface area contributed by atoms with Gasteiger partial charge in [0.1, 0.15) is 29.2 Å². The minimum Gasteiger partial charge on any atom is -0.494 e. The molecule has 9 nitrogen and oxygen atoms in total. The molecule has 1 aliphatic heterocycles. The SMILES string of the molecule is COc1cc(OC2CCN(C)CC2)ccc1Nc1cc(Nc2ccccc2S(=O)(=O)C(C)C)c(C)c(N)n1. The molecule has 1 fully saturated rings. The van der Waals surface area contributed by atoms with Crippen LogP contribution in [0.3, 0.4) is 0 Å². The number of rotatable bonds is 9. The molecule has 0 unspecified atom stereocenters. The Labute approximate surface area is 225 Å². The Balaban J connectivity index is 1.58. The Morgan fingerprint density at radius 1 is 1.03 bits per heavy atom. The number of likely N-dealkylation sites (tertiary alicyclic amines) is 1. The Kier molecular flexibility index (Phi) is 8.32. The lowest BCUT2D eigenvalue weighted by Crippen LogP contribution is -2.35. The molecular formula is C28H37N5O4S. The third kappa shape index (κ3) is 6.14. The lowest BCUT2D eigenvalue weighted by molar-refractivity contribution is 0.114. The number of hydrogen-bond donors (Lipinski definition) is 3. The van der Waals surface area contributed by atoms with Crippen molar-refractivity contribution < 1.29 is 17.9 Å². The number of piperidine rings is 1. The van der Waals surface area contributed by atoms with E-state index < -0.39 is 15.1 Å². The standard InChI is InChI=1S/C28H37N5O4S/c1-18(2)38(34,35)26-9-7-6-8-23(26)30-24-17-27(32-28(29)19(24)3)31-22-11-10-21(16-25(22)36-5)37-20-12-14-33(4)15-13-20/h6-11,16-18,20H,12-15H2,1-5H3,(H4,29,30,31,32). The van der Waals surface area contributed by atoms with Gasteiger partial charge in [0, 0.05) is 36.5 Å². The first kappa shape index (κ1) is 27.5. The smallest absolute Gasteiger partial charge is 0.182 e. The van der Waals surface area contributed by atoms with Crippen molar-refractivity contribution in [3.05, 3.63) is 54.1 Å². The molecule has 1 aliphatic rings. The minimum atomic E-state index is -3.49. The van der Waals surface area contributed by atoms with Gasteiger partial charge in [0.15, 0.2) is 9.84 Å². The lowest BCUT2D eigenvalue weighted by atomic mass is 10.1. The van der Waals surface area contributed by atoms with Crippen molar-refractivity contribution in [1.82, 2.24) is 9.88 Å². The molecule has 0 radical (unpaired) electrons. The number of pyridine rings is 1. The highest BCUT2D eigenvalue weighted by molar-refractivity contribution is 7.92. The predicted octanol–water partition coefficient (Wildman–Crippen LogP) is 5.12. The molecule has 2 aromatic carbocycles. The van der Waals surface area contributed by atoms with E-state index in [2.05, 4.69) is 27.6 Å². The predicted molar refractivity (Wildman–Crippen MR) is 153 cm³/mol. The fourth-order valence-corrected chi connectivity index (χ4v) is 5.52. The second-order valence-electron chi connectivity index (χ2n) is 9.89. The molecule has 0 amide bonds. The maximum Gasteiger partial charge on any atom is 0.182 e. The first-order valence-electron chi connectivity index (χ1n) is 12.8. The molecule has 204 valence electrons. The zero-order valence-corrected chi connectivity index (χ0v) is 23.4. The van der Waals surface area contributed by atoms with Gasteiger partial charge in [0.2, 0.25) is 0 Å². The molecular weight excluding hydrogens is 502 g/mol. The second-order valence-corrected chi connectivity index (χ2v) is 12.4. The third-order valence-electron chi connectivity index (χ3n) is 6.80. The van der Waals surface area contributed by atoms with Gasteiger partial charge in [0.25, 0.3) is 0 Å². The highest BCUT2D eigenvalue weighted by Crippen LogP contribution is 2.35. The number of ether oxygens (including phenoxy) is 2. The molecule has 0 aliphatic carbocycles. The summed E-state index contributed by atoms with van der Waals surface area (Å²) in [4.78, 5) is 7.03. The maximum absolute atomic E-state index is 12.9. The molecule has 0 bridgehead atoms. The fourth-order valence-electron chi connectivity index (χ4n) is 4.32. The van der Waals surface area contributed by atoms with Crippen LogP contribution in [0.2, 0.25) is 0 Å². The van der Waals surface area contributed by atoms with Crippen LogP contribution in [0.1, 0.15) is 32.3 Å². The van der Waals surface area contributed by atoms with Gasteiger partial charge in [-0.15, -0.1) is 0 Å². The van der Waals surface area contributed by atoms with Crippen molar-refractivity contribution in [2.45, 2.75) is 49.9 Å². The van der Waals surface area contributed by atoms with Crippen molar-refractivity contribution in [2.24, 2.45) is 0 Å².